The van der Waals surface area contributed by atoms with Gasteiger partial charge in [0.2, 0.25) is 5.91 Å². The molecule has 2 saturated heterocycles. The van der Waals surface area contributed by atoms with Crippen LogP contribution >= 0.6 is 0 Å². The van der Waals surface area contributed by atoms with Gasteiger partial charge in [0.05, 0.1) is 6.61 Å². The number of aryl methyl sites for hydroxylation is 1. The Bertz CT molecular complexity index is 727. The molecule has 1 amide bonds. The van der Waals surface area contributed by atoms with Crippen LogP contribution in [0.25, 0.3) is 0 Å². The van der Waals surface area contributed by atoms with Crippen molar-refractivity contribution < 1.29 is 13.7 Å². The molecule has 0 aromatic heterocycles. The highest BCUT2D eigenvalue weighted by Crippen LogP contribution is 2.31. The molecule has 2 heterocycles. The molecule has 0 saturated carbocycles. The zero-order chi connectivity index (χ0) is 22.3. The number of carbonyl (C=O) groups is 1. The number of anilines is 1. The maximum atomic E-state index is 13.5. The lowest BCUT2D eigenvalue weighted by Gasteiger charge is -2.43. The van der Waals surface area contributed by atoms with Crippen LogP contribution < -0.4 is 10.6 Å². The molecule has 0 radical (unpaired) electrons. The van der Waals surface area contributed by atoms with Gasteiger partial charge in [0.1, 0.15) is 15.7 Å². The topological polar surface area (TPSA) is 79.1 Å². The highest BCUT2D eigenvalue weighted by atomic mass is 32.2. The van der Waals surface area contributed by atoms with Crippen molar-refractivity contribution in [1.29, 1.82) is 0 Å². The lowest BCUT2D eigenvalue weighted by molar-refractivity contribution is -0.121. The quantitative estimate of drug-likeness (QED) is 0.588. The molecular weight excluding hydrogens is 412 g/mol. The number of rotatable bonds is 10. The van der Waals surface area contributed by atoms with Gasteiger partial charge in [-0.3, -0.25) is 4.79 Å². The molecule has 2 fully saturated rings. The number of piperidine rings is 1. The van der Waals surface area contributed by atoms with Crippen molar-refractivity contribution in [1.82, 2.24) is 9.21 Å². The van der Waals surface area contributed by atoms with E-state index in [0.717, 1.165) is 39.1 Å². The molecular formula is C23H38N4O3S. The maximum absolute atomic E-state index is 13.5. The first-order valence-electron chi connectivity index (χ1n) is 11.5. The molecule has 2 N–H and O–H groups in total. The monoisotopic (exact) mass is 450 g/mol. The number of ether oxygens (including phenoxy) is 1. The lowest BCUT2D eigenvalue weighted by atomic mass is 9.95. The number of piperazine rings is 1. The number of unbranched alkanes of at least 4 members (excludes halogenated alkanes) is 1. The van der Waals surface area contributed by atoms with Gasteiger partial charge in [0, 0.05) is 58.6 Å². The van der Waals surface area contributed by atoms with Crippen molar-refractivity contribution in [2.24, 2.45) is 5.73 Å². The average Bonchev–Trinajstić information content (AvgIpc) is 2.81. The summed E-state index contributed by atoms with van der Waals surface area (Å²) in [6.45, 7) is 8.10. The fourth-order valence-electron chi connectivity index (χ4n) is 4.48. The predicted molar refractivity (Wildman–Crippen MR) is 126 cm³/mol. The van der Waals surface area contributed by atoms with Gasteiger partial charge in [-0.1, -0.05) is 25.5 Å². The summed E-state index contributed by atoms with van der Waals surface area (Å²) in [5, 5.41) is 0. The summed E-state index contributed by atoms with van der Waals surface area (Å²) in [7, 11) is 0.281. The van der Waals surface area contributed by atoms with E-state index in [0.29, 0.717) is 32.5 Å². The van der Waals surface area contributed by atoms with E-state index in [2.05, 4.69) is 41.0 Å². The summed E-state index contributed by atoms with van der Waals surface area (Å²) in [6.07, 6.45) is 4.63. The zero-order valence-electron chi connectivity index (χ0n) is 19.1. The smallest absolute Gasteiger partial charge is 0.237 e. The van der Waals surface area contributed by atoms with Gasteiger partial charge in [-0.15, -0.1) is 0 Å². The summed E-state index contributed by atoms with van der Waals surface area (Å²) < 4.78 is 19.7. The summed E-state index contributed by atoms with van der Waals surface area (Å²) >= 11 is 0. The van der Waals surface area contributed by atoms with Gasteiger partial charge in [0.15, 0.2) is 0 Å². The van der Waals surface area contributed by atoms with Crippen molar-refractivity contribution >= 4 is 22.6 Å². The minimum Gasteiger partial charge on any atom is -0.383 e. The third-order valence-corrected chi connectivity index (χ3v) is 8.76. The molecule has 1 atom stereocenters. The number of amides is 1. The molecule has 1 unspecified atom stereocenters. The third kappa shape index (κ3) is 5.86. The van der Waals surface area contributed by atoms with Crippen LogP contribution in [0.15, 0.2) is 24.3 Å². The fourth-order valence-corrected chi connectivity index (χ4v) is 6.17. The minimum atomic E-state index is -1.41. The second-order valence-corrected chi connectivity index (χ2v) is 10.4. The predicted octanol–water partition coefficient (Wildman–Crippen LogP) is 1.78. The Kier molecular flexibility index (Phi) is 8.89. The number of benzene rings is 1. The standard InChI is InChI=1S/C23H38N4O3S/c1-3-4-5-20-6-8-21(9-7-20)26-14-16-27(17-15-26)31(29)23(22(24)28)10-12-25(13-11-23)18-19-30-2/h6-9H,3-5,10-19H2,1-2H3,(H2,24,28). The molecule has 2 aliphatic rings. The van der Waals surface area contributed by atoms with Gasteiger partial charge >= 0.3 is 0 Å². The minimum absolute atomic E-state index is 0.428. The van der Waals surface area contributed by atoms with Gasteiger partial charge in [-0.05, 0) is 43.4 Å². The summed E-state index contributed by atoms with van der Waals surface area (Å²) in [5.74, 6) is -0.428. The molecule has 2 aliphatic heterocycles. The second-order valence-electron chi connectivity index (χ2n) is 8.63. The van der Waals surface area contributed by atoms with E-state index in [1.807, 2.05) is 4.31 Å². The van der Waals surface area contributed by atoms with Crippen LogP contribution in [0.2, 0.25) is 0 Å². The Morgan fingerprint density at radius 1 is 1.10 bits per heavy atom. The molecule has 1 aromatic rings. The van der Waals surface area contributed by atoms with Gasteiger partial charge in [-0.25, -0.2) is 8.51 Å². The maximum Gasteiger partial charge on any atom is 0.237 e. The van der Waals surface area contributed by atoms with Crippen LogP contribution in [0.4, 0.5) is 5.69 Å². The van der Waals surface area contributed by atoms with E-state index in [1.165, 1.54) is 24.1 Å². The fraction of sp³-hybridized carbons (Fsp3) is 0.696. The van der Waals surface area contributed by atoms with Crippen LogP contribution in [-0.2, 0) is 26.9 Å². The Balaban J connectivity index is 1.56. The highest BCUT2D eigenvalue weighted by molar-refractivity contribution is 7.85. The molecule has 31 heavy (non-hydrogen) atoms. The molecule has 3 rings (SSSR count). The number of hydrogen-bond donors (Lipinski definition) is 1. The van der Waals surface area contributed by atoms with Crippen molar-refractivity contribution in [2.75, 3.05) is 64.4 Å². The Hall–Kier alpha value is -1.48. The van der Waals surface area contributed by atoms with E-state index >= 15 is 0 Å². The zero-order valence-corrected chi connectivity index (χ0v) is 19.9. The third-order valence-electron chi connectivity index (χ3n) is 6.65. The van der Waals surface area contributed by atoms with Crippen molar-refractivity contribution in [2.45, 2.75) is 43.8 Å². The Morgan fingerprint density at radius 2 is 1.74 bits per heavy atom. The summed E-state index contributed by atoms with van der Waals surface area (Å²) in [4.78, 5) is 17.0. The van der Waals surface area contributed by atoms with Crippen LogP contribution in [0.1, 0.15) is 38.2 Å². The SMILES string of the molecule is CCCCc1ccc(N2CCN(S(=O)C3(C(N)=O)CCN(CCOC)CC3)CC2)cc1. The van der Waals surface area contributed by atoms with Crippen molar-refractivity contribution in [3.05, 3.63) is 29.8 Å². The largest absolute Gasteiger partial charge is 0.383 e. The number of carbonyl (C=O) groups excluding carboxylic acids is 1. The summed E-state index contributed by atoms with van der Waals surface area (Å²) in [6, 6.07) is 8.82. The van der Waals surface area contributed by atoms with Gasteiger partial charge < -0.3 is 20.3 Å². The van der Waals surface area contributed by atoms with E-state index in [1.54, 1.807) is 7.11 Å². The number of methoxy groups -OCH3 is 1. The number of nitrogens with zero attached hydrogens (tertiary/aromatic N) is 3. The first kappa shape index (κ1) is 24.2. The first-order valence-corrected chi connectivity index (χ1v) is 12.6. The molecule has 174 valence electrons. The Labute approximate surface area is 189 Å². The van der Waals surface area contributed by atoms with E-state index in [4.69, 9.17) is 10.5 Å². The number of nitrogens with two attached hydrogens (primary N) is 1. The second kappa shape index (κ2) is 11.4. The van der Waals surface area contributed by atoms with Crippen molar-refractivity contribution in [3.63, 3.8) is 0 Å². The van der Waals surface area contributed by atoms with E-state index in [-0.39, 0.29) is 0 Å². The van der Waals surface area contributed by atoms with E-state index < -0.39 is 21.6 Å². The normalized spacial score (nSPS) is 21.2. The molecule has 0 bridgehead atoms. The number of likely N-dealkylation sites (tertiary alicyclic amines) is 1. The van der Waals surface area contributed by atoms with Crippen molar-refractivity contribution in [3.8, 4) is 0 Å². The molecule has 0 spiro atoms. The number of primary amides is 1. The highest BCUT2D eigenvalue weighted by Gasteiger charge is 2.48. The molecule has 1 aromatic carbocycles. The van der Waals surface area contributed by atoms with E-state index in [9.17, 15) is 9.00 Å². The van der Waals surface area contributed by atoms with Crippen LogP contribution in [0.3, 0.4) is 0 Å². The van der Waals surface area contributed by atoms with Gasteiger partial charge in [0.25, 0.3) is 0 Å². The molecule has 8 heteroatoms. The Morgan fingerprint density at radius 3 is 2.29 bits per heavy atom. The van der Waals surface area contributed by atoms with Crippen LogP contribution in [0, 0.1) is 0 Å². The number of hydrogen-bond acceptors (Lipinski definition) is 5. The molecule has 7 nitrogen and oxygen atoms in total. The van der Waals surface area contributed by atoms with Gasteiger partial charge in [-0.2, -0.15) is 0 Å². The lowest BCUT2D eigenvalue weighted by Crippen LogP contribution is -2.60. The van der Waals surface area contributed by atoms with Crippen LogP contribution in [0.5, 0.6) is 0 Å². The van der Waals surface area contributed by atoms with Crippen LogP contribution in [-0.4, -0.2) is 83.6 Å². The first-order chi connectivity index (χ1) is 15.0. The average molecular weight is 451 g/mol. The summed E-state index contributed by atoms with van der Waals surface area (Å²) in [5.41, 5.74) is 8.40. The molecule has 0 aliphatic carbocycles.